The minimum atomic E-state index is 0.172. The van der Waals surface area contributed by atoms with Gasteiger partial charge in [-0.25, -0.2) is 4.98 Å². The van der Waals surface area contributed by atoms with Crippen LogP contribution in [-0.4, -0.2) is 65.6 Å². The van der Waals surface area contributed by atoms with Crippen molar-refractivity contribution in [3.63, 3.8) is 0 Å². The standard InChI is InChI=1S/C16H26N4O2/c1-19-8-9-20(11-14(19)16-17-6-7-18-16)15(21)5-4-13-3-2-10-22-12-13/h6-7,13-14H,2-5,8-12H2,1H3,(H,17,18)/t13-,14-/m1/s1. The minimum absolute atomic E-state index is 0.172. The maximum Gasteiger partial charge on any atom is 0.222 e. The van der Waals surface area contributed by atoms with Crippen molar-refractivity contribution < 1.29 is 9.53 Å². The molecule has 2 aliphatic rings. The van der Waals surface area contributed by atoms with Gasteiger partial charge in [-0.1, -0.05) is 0 Å². The molecule has 2 aliphatic heterocycles. The first-order chi connectivity index (χ1) is 10.7. The summed E-state index contributed by atoms with van der Waals surface area (Å²) in [6.07, 6.45) is 7.54. The second-order valence-corrected chi connectivity index (χ2v) is 6.43. The number of piperazine rings is 1. The van der Waals surface area contributed by atoms with Crippen molar-refractivity contribution in [1.82, 2.24) is 19.8 Å². The monoisotopic (exact) mass is 306 g/mol. The Kier molecular flexibility index (Phi) is 5.10. The number of imidazole rings is 1. The van der Waals surface area contributed by atoms with Crippen LogP contribution in [0.15, 0.2) is 12.4 Å². The highest BCUT2D eigenvalue weighted by molar-refractivity contribution is 5.76. The molecule has 2 atom stereocenters. The van der Waals surface area contributed by atoms with E-state index >= 15 is 0 Å². The summed E-state index contributed by atoms with van der Waals surface area (Å²) in [6, 6.07) is 0.172. The van der Waals surface area contributed by atoms with E-state index in [4.69, 9.17) is 4.74 Å². The number of carbonyl (C=O) groups is 1. The van der Waals surface area contributed by atoms with E-state index in [0.717, 1.165) is 51.5 Å². The molecule has 2 fully saturated rings. The van der Waals surface area contributed by atoms with E-state index in [1.54, 1.807) is 6.20 Å². The van der Waals surface area contributed by atoms with Gasteiger partial charge >= 0.3 is 0 Å². The first-order valence-corrected chi connectivity index (χ1v) is 8.29. The highest BCUT2D eigenvalue weighted by Crippen LogP contribution is 2.23. The van der Waals surface area contributed by atoms with E-state index in [1.807, 2.05) is 11.1 Å². The molecule has 6 nitrogen and oxygen atoms in total. The van der Waals surface area contributed by atoms with Crippen LogP contribution in [0.4, 0.5) is 0 Å². The molecule has 122 valence electrons. The SMILES string of the molecule is CN1CCN(C(=O)CC[C@H]2CCCOC2)C[C@@H]1c1ncc[nH]1. The quantitative estimate of drug-likeness (QED) is 0.914. The van der Waals surface area contributed by atoms with E-state index in [1.165, 1.54) is 6.42 Å². The van der Waals surface area contributed by atoms with Crippen molar-refractivity contribution >= 4 is 5.91 Å². The maximum atomic E-state index is 12.5. The fraction of sp³-hybridized carbons (Fsp3) is 0.750. The zero-order valence-electron chi connectivity index (χ0n) is 13.3. The van der Waals surface area contributed by atoms with Crippen molar-refractivity contribution in [2.75, 3.05) is 39.9 Å². The Labute approximate surface area is 131 Å². The minimum Gasteiger partial charge on any atom is -0.381 e. The molecule has 0 bridgehead atoms. The van der Waals surface area contributed by atoms with Crippen molar-refractivity contribution in [2.45, 2.75) is 31.7 Å². The van der Waals surface area contributed by atoms with Gasteiger partial charge in [0.1, 0.15) is 5.82 Å². The normalized spacial score (nSPS) is 27.0. The first kappa shape index (κ1) is 15.5. The van der Waals surface area contributed by atoms with Gasteiger partial charge in [0.05, 0.1) is 6.04 Å². The lowest BCUT2D eigenvalue weighted by Gasteiger charge is -2.38. The van der Waals surface area contributed by atoms with Crippen LogP contribution in [0.5, 0.6) is 0 Å². The Balaban J connectivity index is 1.51. The molecule has 22 heavy (non-hydrogen) atoms. The number of rotatable bonds is 4. The molecule has 0 aromatic carbocycles. The largest absolute Gasteiger partial charge is 0.381 e. The lowest BCUT2D eigenvalue weighted by molar-refractivity contribution is -0.134. The Morgan fingerprint density at radius 2 is 2.41 bits per heavy atom. The van der Waals surface area contributed by atoms with Crippen molar-refractivity contribution in [2.24, 2.45) is 5.92 Å². The molecule has 1 aromatic heterocycles. The summed E-state index contributed by atoms with van der Waals surface area (Å²) < 4.78 is 5.50. The van der Waals surface area contributed by atoms with Gasteiger partial charge in [0.25, 0.3) is 0 Å². The highest BCUT2D eigenvalue weighted by atomic mass is 16.5. The van der Waals surface area contributed by atoms with E-state index in [9.17, 15) is 4.79 Å². The second kappa shape index (κ2) is 7.24. The number of aromatic nitrogens is 2. The molecule has 3 heterocycles. The molecule has 0 unspecified atom stereocenters. The average Bonchev–Trinajstić information content (AvgIpc) is 3.08. The third kappa shape index (κ3) is 3.67. The molecule has 0 saturated carbocycles. The van der Waals surface area contributed by atoms with E-state index in [0.29, 0.717) is 12.3 Å². The predicted octanol–water partition coefficient (Wildman–Crippen LogP) is 1.43. The van der Waals surface area contributed by atoms with Gasteiger partial charge in [-0.05, 0) is 32.2 Å². The maximum absolute atomic E-state index is 12.5. The highest BCUT2D eigenvalue weighted by Gasteiger charge is 2.30. The summed E-state index contributed by atoms with van der Waals surface area (Å²) >= 11 is 0. The summed E-state index contributed by atoms with van der Waals surface area (Å²) in [5, 5.41) is 0. The van der Waals surface area contributed by atoms with Crippen LogP contribution in [0.25, 0.3) is 0 Å². The molecule has 6 heteroatoms. The van der Waals surface area contributed by atoms with Gasteiger partial charge in [0, 0.05) is 51.7 Å². The zero-order chi connectivity index (χ0) is 15.4. The lowest BCUT2D eigenvalue weighted by Crippen LogP contribution is -2.49. The van der Waals surface area contributed by atoms with Crippen molar-refractivity contribution in [1.29, 1.82) is 0 Å². The number of carbonyl (C=O) groups excluding carboxylic acids is 1. The number of ether oxygens (including phenoxy) is 1. The predicted molar refractivity (Wildman–Crippen MR) is 83.3 cm³/mol. The van der Waals surface area contributed by atoms with E-state index in [2.05, 4.69) is 21.9 Å². The van der Waals surface area contributed by atoms with E-state index in [-0.39, 0.29) is 11.9 Å². The number of nitrogens with one attached hydrogen (secondary N) is 1. The number of amides is 1. The van der Waals surface area contributed by atoms with Crippen molar-refractivity contribution in [3.8, 4) is 0 Å². The summed E-state index contributed by atoms with van der Waals surface area (Å²) in [6.45, 7) is 4.14. The Morgan fingerprint density at radius 1 is 1.50 bits per heavy atom. The van der Waals surface area contributed by atoms with Crippen LogP contribution in [0.2, 0.25) is 0 Å². The van der Waals surface area contributed by atoms with Gasteiger partial charge in [-0.3, -0.25) is 9.69 Å². The third-order valence-electron chi connectivity index (χ3n) is 4.86. The lowest BCUT2D eigenvalue weighted by atomic mass is 9.96. The molecular formula is C16H26N4O2. The number of nitrogens with zero attached hydrogens (tertiary/aromatic N) is 3. The topological polar surface area (TPSA) is 61.5 Å². The molecule has 1 amide bonds. The molecule has 1 N–H and O–H groups in total. The summed E-state index contributed by atoms with van der Waals surface area (Å²) in [5.74, 6) is 1.78. The summed E-state index contributed by atoms with van der Waals surface area (Å²) in [5.41, 5.74) is 0. The van der Waals surface area contributed by atoms with Gasteiger partial charge in [-0.15, -0.1) is 0 Å². The number of hydrogen-bond donors (Lipinski definition) is 1. The number of likely N-dealkylation sites (N-methyl/N-ethyl adjacent to an activating group) is 1. The number of hydrogen-bond acceptors (Lipinski definition) is 4. The zero-order valence-corrected chi connectivity index (χ0v) is 13.3. The summed E-state index contributed by atoms with van der Waals surface area (Å²) in [7, 11) is 2.09. The van der Waals surface area contributed by atoms with Crippen LogP contribution < -0.4 is 0 Å². The smallest absolute Gasteiger partial charge is 0.222 e. The van der Waals surface area contributed by atoms with Crippen LogP contribution in [-0.2, 0) is 9.53 Å². The fourth-order valence-corrected chi connectivity index (χ4v) is 3.38. The Bertz CT molecular complexity index is 471. The van der Waals surface area contributed by atoms with Crippen LogP contribution >= 0.6 is 0 Å². The van der Waals surface area contributed by atoms with Crippen LogP contribution in [0.3, 0.4) is 0 Å². The molecular weight excluding hydrogens is 280 g/mol. The molecule has 0 spiro atoms. The third-order valence-corrected chi connectivity index (χ3v) is 4.86. The number of H-pyrrole nitrogens is 1. The van der Waals surface area contributed by atoms with Crippen LogP contribution in [0.1, 0.15) is 37.5 Å². The molecule has 3 rings (SSSR count). The second-order valence-electron chi connectivity index (χ2n) is 6.43. The fourth-order valence-electron chi connectivity index (χ4n) is 3.38. The molecule has 0 radical (unpaired) electrons. The van der Waals surface area contributed by atoms with E-state index < -0.39 is 0 Å². The molecule has 1 aromatic rings. The summed E-state index contributed by atoms with van der Waals surface area (Å²) in [4.78, 5) is 24.3. The van der Waals surface area contributed by atoms with Crippen molar-refractivity contribution in [3.05, 3.63) is 18.2 Å². The van der Waals surface area contributed by atoms with Gasteiger partial charge in [0.2, 0.25) is 5.91 Å². The van der Waals surface area contributed by atoms with Crippen LogP contribution in [0, 0.1) is 5.92 Å². The van der Waals surface area contributed by atoms with Gasteiger partial charge in [-0.2, -0.15) is 0 Å². The van der Waals surface area contributed by atoms with Gasteiger partial charge < -0.3 is 14.6 Å². The molecule has 0 aliphatic carbocycles. The number of aromatic amines is 1. The molecule has 2 saturated heterocycles. The van der Waals surface area contributed by atoms with Gasteiger partial charge in [0.15, 0.2) is 0 Å². The first-order valence-electron chi connectivity index (χ1n) is 8.29. The average molecular weight is 306 g/mol. The Hall–Kier alpha value is -1.40. The Morgan fingerprint density at radius 3 is 3.14 bits per heavy atom.